The average molecular weight is 261 g/mol. The Morgan fingerprint density at radius 2 is 2.37 bits per heavy atom. The maximum atomic E-state index is 12.3. The van der Waals surface area contributed by atoms with Crippen molar-refractivity contribution in [1.82, 2.24) is 9.88 Å². The van der Waals surface area contributed by atoms with E-state index in [0.717, 1.165) is 0 Å². The van der Waals surface area contributed by atoms with Gasteiger partial charge in [-0.05, 0) is 19.4 Å². The van der Waals surface area contributed by atoms with Crippen molar-refractivity contribution in [3.63, 3.8) is 0 Å². The van der Waals surface area contributed by atoms with Crippen LogP contribution in [0.5, 0.6) is 0 Å². The molecule has 1 atom stereocenters. The molecular weight excluding hydrogens is 242 g/mol. The maximum absolute atomic E-state index is 12.3. The fraction of sp³-hybridized carbons (Fsp3) is 0.429. The molecule has 0 fully saturated rings. The average Bonchev–Trinajstić information content (AvgIpc) is 2.42. The Labute approximate surface area is 113 Å². The number of pyridine rings is 1. The van der Waals surface area contributed by atoms with Gasteiger partial charge < -0.3 is 15.7 Å². The topological polar surface area (TPSA) is 79.5 Å². The lowest BCUT2D eigenvalue weighted by molar-refractivity contribution is 0.0768. The highest BCUT2D eigenvalue weighted by atomic mass is 16.3. The summed E-state index contributed by atoms with van der Waals surface area (Å²) in [4.78, 5) is 17.8. The Bertz CT molecular complexity index is 489. The molecule has 0 saturated heterocycles. The van der Waals surface area contributed by atoms with Crippen molar-refractivity contribution in [2.24, 2.45) is 5.73 Å². The molecule has 0 saturated carbocycles. The van der Waals surface area contributed by atoms with Crippen molar-refractivity contribution in [3.8, 4) is 11.8 Å². The molecule has 0 aliphatic rings. The third-order valence-electron chi connectivity index (χ3n) is 2.61. The second kappa shape index (κ2) is 7.52. The molecular formula is C14H19N3O2. The van der Waals surface area contributed by atoms with Crippen LogP contribution in [-0.2, 0) is 0 Å². The van der Waals surface area contributed by atoms with Crippen LogP contribution in [0.1, 0.15) is 29.3 Å². The largest absolute Gasteiger partial charge is 0.393 e. The first-order valence-electron chi connectivity index (χ1n) is 6.12. The molecule has 19 heavy (non-hydrogen) atoms. The number of aliphatic hydroxyl groups is 1. The summed E-state index contributed by atoms with van der Waals surface area (Å²) in [6.07, 6.45) is 3.23. The molecule has 102 valence electrons. The van der Waals surface area contributed by atoms with E-state index in [1.54, 1.807) is 37.3 Å². The molecule has 0 aromatic carbocycles. The molecule has 0 aliphatic carbocycles. The van der Waals surface area contributed by atoms with Crippen LogP contribution in [0.2, 0.25) is 0 Å². The summed E-state index contributed by atoms with van der Waals surface area (Å²) in [5.41, 5.74) is 6.40. The van der Waals surface area contributed by atoms with Gasteiger partial charge in [-0.3, -0.25) is 9.78 Å². The van der Waals surface area contributed by atoms with Gasteiger partial charge >= 0.3 is 0 Å². The van der Waals surface area contributed by atoms with E-state index in [-0.39, 0.29) is 12.5 Å². The first-order chi connectivity index (χ1) is 9.06. The van der Waals surface area contributed by atoms with Crippen LogP contribution in [0, 0.1) is 11.8 Å². The van der Waals surface area contributed by atoms with Crippen LogP contribution in [0.25, 0.3) is 0 Å². The second-order valence-electron chi connectivity index (χ2n) is 4.29. The lowest BCUT2D eigenvalue weighted by Crippen LogP contribution is -2.30. The van der Waals surface area contributed by atoms with Crippen LogP contribution in [-0.4, -0.2) is 47.1 Å². The van der Waals surface area contributed by atoms with E-state index in [2.05, 4.69) is 16.8 Å². The van der Waals surface area contributed by atoms with E-state index >= 15 is 0 Å². The van der Waals surface area contributed by atoms with Gasteiger partial charge in [-0.25, -0.2) is 0 Å². The van der Waals surface area contributed by atoms with E-state index in [9.17, 15) is 9.90 Å². The SMILES string of the molecule is CC(O)CCN(C)C(=O)c1ccncc1C#CCN. The highest BCUT2D eigenvalue weighted by Crippen LogP contribution is 2.09. The van der Waals surface area contributed by atoms with Crippen LogP contribution in [0.4, 0.5) is 0 Å². The number of amides is 1. The molecule has 0 spiro atoms. The number of rotatable bonds is 4. The molecule has 0 aliphatic heterocycles. The smallest absolute Gasteiger partial charge is 0.254 e. The number of carbonyl (C=O) groups is 1. The molecule has 1 rings (SSSR count). The number of nitrogens with zero attached hydrogens (tertiary/aromatic N) is 2. The van der Waals surface area contributed by atoms with Crippen molar-refractivity contribution in [2.75, 3.05) is 20.1 Å². The Balaban J connectivity index is 2.87. The number of aliphatic hydroxyl groups excluding tert-OH is 1. The molecule has 1 heterocycles. The van der Waals surface area contributed by atoms with Crippen molar-refractivity contribution in [1.29, 1.82) is 0 Å². The monoisotopic (exact) mass is 261 g/mol. The summed E-state index contributed by atoms with van der Waals surface area (Å²) in [5, 5.41) is 9.24. The molecule has 0 radical (unpaired) electrons. The fourth-order valence-corrected chi connectivity index (χ4v) is 1.51. The minimum absolute atomic E-state index is 0.135. The van der Waals surface area contributed by atoms with Gasteiger partial charge in [0.05, 0.1) is 23.8 Å². The maximum Gasteiger partial charge on any atom is 0.254 e. The van der Waals surface area contributed by atoms with Gasteiger partial charge in [0.1, 0.15) is 0 Å². The summed E-state index contributed by atoms with van der Waals surface area (Å²) < 4.78 is 0. The second-order valence-corrected chi connectivity index (χ2v) is 4.29. The minimum Gasteiger partial charge on any atom is -0.393 e. The van der Waals surface area contributed by atoms with Crippen molar-refractivity contribution in [2.45, 2.75) is 19.4 Å². The number of nitrogens with two attached hydrogens (primary N) is 1. The van der Waals surface area contributed by atoms with E-state index < -0.39 is 6.10 Å². The molecule has 1 aromatic rings. The number of carbonyl (C=O) groups excluding carboxylic acids is 1. The van der Waals surface area contributed by atoms with Crippen LogP contribution < -0.4 is 5.73 Å². The van der Waals surface area contributed by atoms with E-state index in [1.165, 1.54) is 0 Å². The quantitative estimate of drug-likeness (QED) is 0.761. The van der Waals surface area contributed by atoms with E-state index in [1.807, 2.05) is 0 Å². The first kappa shape index (κ1) is 15.2. The van der Waals surface area contributed by atoms with Gasteiger partial charge in [-0.1, -0.05) is 11.8 Å². The predicted octanol–water partition coefficient (Wildman–Crippen LogP) is 0.235. The number of hydrogen-bond donors (Lipinski definition) is 2. The van der Waals surface area contributed by atoms with Crippen molar-refractivity contribution >= 4 is 5.91 Å². The molecule has 3 N–H and O–H groups in total. The molecule has 0 bridgehead atoms. The highest BCUT2D eigenvalue weighted by molar-refractivity contribution is 5.96. The molecule has 1 aromatic heterocycles. The summed E-state index contributed by atoms with van der Waals surface area (Å²) in [5.74, 6) is 5.42. The summed E-state index contributed by atoms with van der Waals surface area (Å²) in [6, 6.07) is 1.64. The summed E-state index contributed by atoms with van der Waals surface area (Å²) in [6.45, 7) is 2.42. The van der Waals surface area contributed by atoms with Gasteiger partial charge in [0.2, 0.25) is 0 Å². The molecule has 1 amide bonds. The zero-order chi connectivity index (χ0) is 14.3. The summed E-state index contributed by atoms with van der Waals surface area (Å²) >= 11 is 0. The number of hydrogen-bond acceptors (Lipinski definition) is 4. The Morgan fingerprint density at radius 1 is 1.63 bits per heavy atom. The zero-order valence-corrected chi connectivity index (χ0v) is 11.3. The van der Waals surface area contributed by atoms with E-state index in [0.29, 0.717) is 24.1 Å². The third-order valence-corrected chi connectivity index (χ3v) is 2.61. The van der Waals surface area contributed by atoms with Crippen molar-refractivity contribution in [3.05, 3.63) is 29.6 Å². The van der Waals surface area contributed by atoms with Gasteiger partial charge in [-0.2, -0.15) is 0 Å². The lowest BCUT2D eigenvalue weighted by atomic mass is 10.1. The molecule has 5 heteroatoms. The molecule has 5 nitrogen and oxygen atoms in total. The van der Waals surface area contributed by atoms with Crippen LogP contribution in [0.3, 0.4) is 0 Å². The van der Waals surface area contributed by atoms with Gasteiger partial charge in [0, 0.05) is 26.0 Å². The predicted molar refractivity (Wildman–Crippen MR) is 73.4 cm³/mol. The van der Waals surface area contributed by atoms with E-state index in [4.69, 9.17) is 5.73 Å². The van der Waals surface area contributed by atoms with Crippen LogP contribution in [0.15, 0.2) is 18.5 Å². The van der Waals surface area contributed by atoms with Gasteiger partial charge in [-0.15, -0.1) is 0 Å². The third kappa shape index (κ3) is 4.70. The van der Waals surface area contributed by atoms with Gasteiger partial charge in [0.25, 0.3) is 5.91 Å². The normalized spacial score (nSPS) is 11.4. The van der Waals surface area contributed by atoms with Gasteiger partial charge in [0.15, 0.2) is 0 Å². The summed E-state index contributed by atoms with van der Waals surface area (Å²) in [7, 11) is 1.70. The first-order valence-corrected chi connectivity index (χ1v) is 6.12. The fourth-order valence-electron chi connectivity index (χ4n) is 1.51. The Hall–Kier alpha value is -1.90. The zero-order valence-electron chi connectivity index (χ0n) is 11.3. The molecule has 1 unspecified atom stereocenters. The minimum atomic E-state index is -0.427. The Kier molecular flexibility index (Phi) is 6.00. The standard InChI is InChI=1S/C14H19N3O2/c1-11(18)6-9-17(2)14(19)13-5-8-16-10-12(13)4-3-7-15/h5,8,10-11,18H,6-7,9,15H2,1-2H3. The highest BCUT2D eigenvalue weighted by Gasteiger charge is 2.15. The number of aromatic nitrogens is 1. The van der Waals surface area contributed by atoms with Crippen molar-refractivity contribution < 1.29 is 9.90 Å². The van der Waals surface area contributed by atoms with Crippen LogP contribution >= 0.6 is 0 Å². The Morgan fingerprint density at radius 3 is 3.00 bits per heavy atom. The lowest BCUT2D eigenvalue weighted by Gasteiger charge is -2.18.